The molecule has 130 valence electrons. The molecule has 25 heavy (non-hydrogen) atoms. The number of pyridine rings is 1. The molecular weight excluding hydrogens is 320 g/mol. The lowest BCUT2D eigenvalue weighted by molar-refractivity contribution is -0.385. The molecule has 2 aromatic rings. The van der Waals surface area contributed by atoms with Crippen LogP contribution in [-0.4, -0.2) is 27.3 Å². The SMILES string of the molecule is Cc1cc([N+](=O)[O-])cnc1NCc1ccc(CN2CCCC2=O)cc1. The number of aromatic nitrogens is 1. The van der Waals surface area contributed by atoms with E-state index in [1.54, 1.807) is 6.92 Å². The first-order valence-corrected chi connectivity index (χ1v) is 8.23. The molecule has 2 heterocycles. The number of likely N-dealkylation sites (tertiary alicyclic amines) is 1. The molecule has 7 heteroatoms. The maximum Gasteiger partial charge on any atom is 0.287 e. The van der Waals surface area contributed by atoms with E-state index in [9.17, 15) is 14.9 Å². The molecule has 1 aliphatic rings. The summed E-state index contributed by atoms with van der Waals surface area (Å²) < 4.78 is 0. The molecule has 0 spiro atoms. The minimum Gasteiger partial charge on any atom is -0.366 e. The third kappa shape index (κ3) is 4.12. The number of hydrogen-bond donors (Lipinski definition) is 1. The zero-order chi connectivity index (χ0) is 17.8. The summed E-state index contributed by atoms with van der Waals surface area (Å²) in [6.07, 6.45) is 2.86. The highest BCUT2D eigenvalue weighted by Gasteiger charge is 2.19. The molecular formula is C18H20N4O3. The second kappa shape index (κ2) is 7.29. The van der Waals surface area contributed by atoms with Gasteiger partial charge in [-0.25, -0.2) is 4.98 Å². The van der Waals surface area contributed by atoms with Gasteiger partial charge in [0.2, 0.25) is 5.91 Å². The molecule has 1 aromatic carbocycles. The van der Waals surface area contributed by atoms with Gasteiger partial charge in [0.1, 0.15) is 12.0 Å². The van der Waals surface area contributed by atoms with E-state index in [1.807, 2.05) is 29.2 Å². The smallest absolute Gasteiger partial charge is 0.287 e. The molecule has 3 rings (SSSR count). The number of carbonyl (C=O) groups excluding carboxylic acids is 1. The molecule has 1 aliphatic heterocycles. The Bertz CT molecular complexity index is 789. The predicted molar refractivity (Wildman–Crippen MR) is 94.0 cm³/mol. The van der Waals surface area contributed by atoms with Gasteiger partial charge in [-0.1, -0.05) is 24.3 Å². The first-order chi connectivity index (χ1) is 12.0. The number of carbonyl (C=O) groups is 1. The monoisotopic (exact) mass is 340 g/mol. The number of nitrogens with zero attached hydrogens (tertiary/aromatic N) is 3. The van der Waals surface area contributed by atoms with Gasteiger partial charge in [0.15, 0.2) is 0 Å². The van der Waals surface area contributed by atoms with E-state index < -0.39 is 4.92 Å². The molecule has 1 fully saturated rings. The fraction of sp³-hybridized carbons (Fsp3) is 0.333. The Morgan fingerprint density at radius 3 is 2.60 bits per heavy atom. The highest BCUT2D eigenvalue weighted by molar-refractivity contribution is 5.78. The summed E-state index contributed by atoms with van der Waals surface area (Å²) in [6.45, 7) is 3.87. The highest BCUT2D eigenvalue weighted by atomic mass is 16.6. The topological polar surface area (TPSA) is 88.4 Å². The van der Waals surface area contributed by atoms with Crippen LogP contribution in [0.15, 0.2) is 36.5 Å². The third-order valence-corrected chi connectivity index (χ3v) is 4.30. The Morgan fingerprint density at radius 1 is 1.28 bits per heavy atom. The first kappa shape index (κ1) is 16.9. The molecule has 1 aromatic heterocycles. The summed E-state index contributed by atoms with van der Waals surface area (Å²) in [7, 11) is 0. The molecule has 0 atom stereocenters. The molecule has 0 unspecified atom stereocenters. The van der Waals surface area contributed by atoms with Crippen molar-refractivity contribution in [3.63, 3.8) is 0 Å². The third-order valence-electron chi connectivity index (χ3n) is 4.30. The molecule has 0 saturated carbocycles. The van der Waals surface area contributed by atoms with Crippen LogP contribution in [0.2, 0.25) is 0 Å². The zero-order valence-electron chi connectivity index (χ0n) is 14.1. The van der Waals surface area contributed by atoms with Crippen LogP contribution in [0.25, 0.3) is 0 Å². The molecule has 1 N–H and O–H groups in total. The number of nitro groups is 1. The van der Waals surface area contributed by atoms with Crippen LogP contribution in [0.4, 0.5) is 11.5 Å². The van der Waals surface area contributed by atoms with Crippen LogP contribution >= 0.6 is 0 Å². The maximum absolute atomic E-state index is 11.7. The highest BCUT2D eigenvalue weighted by Crippen LogP contribution is 2.19. The van der Waals surface area contributed by atoms with E-state index in [1.165, 1.54) is 12.3 Å². The van der Waals surface area contributed by atoms with Crippen molar-refractivity contribution in [2.24, 2.45) is 0 Å². The Balaban J connectivity index is 1.58. The molecule has 1 saturated heterocycles. The van der Waals surface area contributed by atoms with Gasteiger partial charge in [-0.2, -0.15) is 0 Å². The minimum atomic E-state index is -0.451. The van der Waals surface area contributed by atoms with Gasteiger partial charge in [0.25, 0.3) is 5.69 Å². The maximum atomic E-state index is 11.7. The van der Waals surface area contributed by atoms with E-state index >= 15 is 0 Å². The Hall–Kier alpha value is -2.96. The Kier molecular flexibility index (Phi) is 4.92. The van der Waals surface area contributed by atoms with Crippen LogP contribution in [0, 0.1) is 17.0 Å². The Labute approximate surface area is 145 Å². The number of benzene rings is 1. The van der Waals surface area contributed by atoms with Crippen molar-refractivity contribution in [2.45, 2.75) is 32.9 Å². The molecule has 1 amide bonds. The lowest BCUT2D eigenvalue weighted by Crippen LogP contribution is -2.23. The van der Waals surface area contributed by atoms with Gasteiger partial charge in [-0.15, -0.1) is 0 Å². The normalized spacial score (nSPS) is 14.0. The number of rotatable bonds is 6. The van der Waals surface area contributed by atoms with Crippen molar-refractivity contribution in [3.05, 3.63) is 63.3 Å². The van der Waals surface area contributed by atoms with Gasteiger partial charge in [-0.05, 0) is 30.0 Å². The van der Waals surface area contributed by atoms with E-state index in [4.69, 9.17) is 0 Å². The molecule has 0 aliphatic carbocycles. The summed E-state index contributed by atoms with van der Waals surface area (Å²) in [6, 6.07) is 9.59. The first-order valence-electron chi connectivity index (χ1n) is 8.23. The number of anilines is 1. The van der Waals surface area contributed by atoms with E-state index in [-0.39, 0.29) is 11.6 Å². The summed E-state index contributed by atoms with van der Waals surface area (Å²) in [4.78, 5) is 28.0. The Morgan fingerprint density at radius 2 is 2.00 bits per heavy atom. The minimum absolute atomic E-state index is 0.0103. The van der Waals surface area contributed by atoms with Crippen molar-refractivity contribution >= 4 is 17.4 Å². The average molecular weight is 340 g/mol. The molecule has 7 nitrogen and oxygen atoms in total. The van der Waals surface area contributed by atoms with Crippen LogP contribution in [0.1, 0.15) is 29.5 Å². The number of hydrogen-bond acceptors (Lipinski definition) is 5. The van der Waals surface area contributed by atoms with E-state index in [2.05, 4.69) is 10.3 Å². The summed E-state index contributed by atoms with van der Waals surface area (Å²) in [5, 5.41) is 13.9. The van der Waals surface area contributed by atoms with Crippen LogP contribution < -0.4 is 5.32 Å². The van der Waals surface area contributed by atoms with Gasteiger partial charge in [0, 0.05) is 32.1 Å². The van der Waals surface area contributed by atoms with Gasteiger partial charge in [-0.3, -0.25) is 14.9 Å². The van der Waals surface area contributed by atoms with Crippen molar-refractivity contribution in [3.8, 4) is 0 Å². The summed E-state index contributed by atoms with van der Waals surface area (Å²) in [5.74, 6) is 0.864. The molecule has 0 bridgehead atoms. The van der Waals surface area contributed by atoms with Crippen LogP contribution in [0.3, 0.4) is 0 Å². The fourth-order valence-corrected chi connectivity index (χ4v) is 2.88. The number of aryl methyl sites for hydroxylation is 1. The largest absolute Gasteiger partial charge is 0.366 e. The second-order valence-electron chi connectivity index (χ2n) is 6.21. The zero-order valence-corrected chi connectivity index (χ0v) is 14.1. The molecule has 0 radical (unpaired) electrons. The van der Waals surface area contributed by atoms with Crippen LogP contribution in [0.5, 0.6) is 0 Å². The predicted octanol–water partition coefficient (Wildman–Crippen LogP) is 3.03. The van der Waals surface area contributed by atoms with Crippen molar-refractivity contribution in [1.82, 2.24) is 9.88 Å². The van der Waals surface area contributed by atoms with Gasteiger partial charge < -0.3 is 10.2 Å². The quantitative estimate of drug-likeness (QED) is 0.645. The fourth-order valence-electron chi connectivity index (χ4n) is 2.88. The van der Waals surface area contributed by atoms with E-state index in [0.29, 0.717) is 25.3 Å². The van der Waals surface area contributed by atoms with Gasteiger partial charge in [0.05, 0.1) is 4.92 Å². The number of amides is 1. The number of nitrogens with one attached hydrogen (secondary N) is 1. The van der Waals surface area contributed by atoms with Crippen molar-refractivity contribution in [2.75, 3.05) is 11.9 Å². The van der Waals surface area contributed by atoms with E-state index in [0.717, 1.165) is 29.7 Å². The lowest BCUT2D eigenvalue weighted by Gasteiger charge is -2.15. The summed E-state index contributed by atoms with van der Waals surface area (Å²) >= 11 is 0. The van der Waals surface area contributed by atoms with Crippen molar-refractivity contribution in [1.29, 1.82) is 0 Å². The average Bonchev–Trinajstić information content (AvgIpc) is 3.00. The van der Waals surface area contributed by atoms with Crippen molar-refractivity contribution < 1.29 is 9.72 Å². The standard InChI is InChI=1S/C18H20N4O3/c1-13-9-16(22(24)25)11-20-18(13)19-10-14-4-6-15(7-5-14)12-21-8-2-3-17(21)23/h4-7,9,11H,2-3,8,10,12H2,1H3,(H,19,20). The lowest BCUT2D eigenvalue weighted by atomic mass is 10.1. The summed E-state index contributed by atoms with van der Waals surface area (Å²) in [5.41, 5.74) is 2.92. The van der Waals surface area contributed by atoms with Gasteiger partial charge >= 0.3 is 0 Å². The second-order valence-corrected chi connectivity index (χ2v) is 6.21. The van der Waals surface area contributed by atoms with Crippen LogP contribution in [-0.2, 0) is 17.9 Å².